The van der Waals surface area contributed by atoms with E-state index in [4.69, 9.17) is 11.6 Å². The Balaban J connectivity index is 1.53. The molecule has 5 aromatic rings. The Labute approximate surface area is 201 Å². The quantitative estimate of drug-likeness (QED) is 0.392. The molecule has 0 aliphatic heterocycles. The number of benzene rings is 3. The zero-order valence-corrected chi connectivity index (χ0v) is 19.4. The van der Waals surface area contributed by atoms with Crippen LogP contribution in [0.4, 0.5) is 0 Å². The van der Waals surface area contributed by atoms with Crippen LogP contribution in [-0.4, -0.2) is 20.0 Å². The van der Waals surface area contributed by atoms with Crippen LogP contribution in [0.25, 0.3) is 21.9 Å². The third kappa shape index (κ3) is 4.32. The molecule has 0 fully saturated rings. The predicted molar refractivity (Wildman–Crippen MR) is 135 cm³/mol. The van der Waals surface area contributed by atoms with Gasteiger partial charge in [0.1, 0.15) is 17.6 Å². The Bertz CT molecular complexity index is 1550. The molecule has 0 aliphatic carbocycles. The Hall–Kier alpha value is -3.90. The topological polar surface area (TPSA) is 68.9 Å². The molecule has 34 heavy (non-hydrogen) atoms. The first-order valence-corrected chi connectivity index (χ1v) is 11.4. The molecular weight excluding hydrogens is 448 g/mol. The van der Waals surface area contributed by atoms with E-state index < -0.39 is 0 Å². The van der Waals surface area contributed by atoms with Crippen LogP contribution in [0, 0.1) is 6.92 Å². The number of aryl methyl sites for hydroxylation is 1. The number of aromatic nitrogens is 3. The number of carbonyl (C=O) groups excluding carboxylic acids is 1. The van der Waals surface area contributed by atoms with Crippen molar-refractivity contribution in [2.45, 2.75) is 26.6 Å². The van der Waals surface area contributed by atoms with Gasteiger partial charge in [-0.25, -0.2) is 4.98 Å². The minimum atomic E-state index is -0.188. The Morgan fingerprint density at radius 3 is 2.53 bits per heavy atom. The Morgan fingerprint density at radius 2 is 1.76 bits per heavy atom. The normalized spacial score (nSPS) is 11.2. The summed E-state index contributed by atoms with van der Waals surface area (Å²) in [6.45, 7) is 2.80. The molecule has 0 atom stereocenters. The predicted octanol–water partition coefficient (Wildman–Crippen LogP) is 4.68. The van der Waals surface area contributed by atoms with Gasteiger partial charge in [0.05, 0.1) is 18.4 Å². The second kappa shape index (κ2) is 9.15. The second-order valence-corrected chi connectivity index (χ2v) is 8.81. The van der Waals surface area contributed by atoms with Crippen molar-refractivity contribution in [3.63, 3.8) is 0 Å². The maximum atomic E-state index is 13.6. The number of carbonyl (C=O) groups is 1. The smallest absolute Gasteiger partial charge is 0.278 e. The van der Waals surface area contributed by atoms with Crippen LogP contribution in [0.5, 0.6) is 0 Å². The van der Waals surface area contributed by atoms with E-state index in [9.17, 15) is 9.59 Å². The lowest BCUT2D eigenvalue weighted by Gasteiger charge is -2.10. The second-order valence-electron chi connectivity index (χ2n) is 8.37. The monoisotopic (exact) mass is 470 g/mol. The molecule has 0 radical (unpaired) electrons. The van der Waals surface area contributed by atoms with Crippen LogP contribution in [0.1, 0.15) is 16.7 Å². The molecule has 0 unspecified atom stereocenters. The average Bonchev–Trinajstić information content (AvgIpc) is 3.14. The SMILES string of the molecule is Cc1ccc2c(c1)c1ncn(Cc3ccccc3)c(=O)c1n2CC(=O)NCc1ccc(Cl)cc1. The van der Waals surface area contributed by atoms with E-state index in [1.165, 1.54) is 0 Å². The number of halogens is 1. The summed E-state index contributed by atoms with van der Waals surface area (Å²) in [6, 6.07) is 23.0. The maximum Gasteiger partial charge on any atom is 0.278 e. The van der Waals surface area contributed by atoms with E-state index in [1.807, 2.05) is 67.6 Å². The van der Waals surface area contributed by atoms with Gasteiger partial charge < -0.3 is 9.88 Å². The lowest BCUT2D eigenvalue weighted by Crippen LogP contribution is -2.29. The molecule has 170 valence electrons. The number of nitrogens with zero attached hydrogens (tertiary/aromatic N) is 3. The molecule has 0 bridgehead atoms. The number of rotatable bonds is 6. The molecule has 1 amide bonds. The maximum absolute atomic E-state index is 13.6. The summed E-state index contributed by atoms with van der Waals surface area (Å²) in [5, 5.41) is 4.45. The number of fused-ring (bicyclic) bond motifs is 3. The van der Waals surface area contributed by atoms with Gasteiger partial charge in [-0.3, -0.25) is 14.2 Å². The van der Waals surface area contributed by atoms with E-state index in [0.717, 1.165) is 27.6 Å². The van der Waals surface area contributed by atoms with Crippen LogP contribution in [0.2, 0.25) is 5.02 Å². The third-order valence-corrected chi connectivity index (χ3v) is 6.13. The van der Waals surface area contributed by atoms with Crippen molar-refractivity contribution < 1.29 is 4.79 Å². The van der Waals surface area contributed by atoms with Crippen LogP contribution in [0.3, 0.4) is 0 Å². The van der Waals surface area contributed by atoms with Crippen molar-refractivity contribution in [1.82, 2.24) is 19.4 Å². The lowest BCUT2D eigenvalue weighted by atomic mass is 10.1. The minimum absolute atomic E-state index is 0.0168. The van der Waals surface area contributed by atoms with Gasteiger partial charge in [-0.1, -0.05) is 65.7 Å². The van der Waals surface area contributed by atoms with Crippen molar-refractivity contribution in [2.75, 3.05) is 0 Å². The average molecular weight is 471 g/mol. The van der Waals surface area contributed by atoms with Crippen molar-refractivity contribution in [3.8, 4) is 0 Å². The first-order chi connectivity index (χ1) is 16.5. The van der Waals surface area contributed by atoms with Gasteiger partial charge in [-0.05, 0) is 42.3 Å². The van der Waals surface area contributed by atoms with E-state index in [0.29, 0.717) is 29.1 Å². The number of nitrogens with one attached hydrogen (secondary N) is 1. The first-order valence-electron chi connectivity index (χ1n) is 11.0. The molecule has 3 aromatic carbocycles. The zero-order valence-electron chi connectivity index (χ0n) is 18.7. The summed E-state index contributed by atoms with van der Waals surface area (Å²) in [7, 11) is 0. The molecule has 0 saturated heterocycles. The summed E-state index contributed by atoms with van der Waals surface area (Å²) in [5.41, 5.74) is 4.69. The van der Waals surface area contributed by atoms with Crippen molar-refractivity contribution >= 4 is 39.4 Å². The van der Waals surface area contributed by atoms with E-state index in [2.05, 4.69) is 10.3 Å². The molecular formula is C27H23ClN4O2. The molecule has 5 rings (SSSR count). The van der Waals surface area contributed by atoms with Gasteiger partial charge in [0, 0.05) is 17.0 Å². The third-order valence-electron chi connectivity index (χ3n) is 5.88. The van der Waals surface area contributed by atoms with Crippen molar-refractivity contribution in [3.05, 3.63) is 111 Å². The molecule has 0 spiro atoms. The van der Waals surface area contributed by atoms with Gasteiger partial charge >= 0.3 is 0 Å². The molecule has 7 heteroatoms. The van der Waals surface area contributed by atoms with Crippen LogP contribution < -0.4 is 10.9 Å². The van der Waals surface area contributed by atoms with Gasteiger partial charge in [0.2, 0.25) is 5.91 Å². The van der Waals surface area contributed by atoms with Gasteiger partial charge in [0.15, 0.2) is 0 Å². The summed E-state index contributed by atoms with van der Waals surface area (Å²) in [4.78, 5) is 31.1. The summed E-state index contributed by atoms with van der Waals surface area (Å²) >= 11 is 5.94. The number of hydrogen-bond acceptors (Lipinski definition) is 3. The minimum Gasteiger partial charge on any atom is -0.350 e. The molecule has 2 aromatic heterocycles. The highest BCUT2D eigenvalue weighted by Gasteiger charge is 2.18. The first kappa shape index (κ1) is 21.9. The van der Waals surface area contributed by atoms with Crippen LogP contribution >= 0.6 is 11.6 Å². The molecule has 2 heterocycles. The highest BCUT2D eigenvalue weighted by molar-refractivity contribution is 6.30. The highest BCUT2D eigenvalue weighted by Crippen LogP contribution is 2.26. The van der Waals surface area contributed by atoms with E-state index in [-0.39, 0.29) is 18.0 Å². The zero-order chi connectivity index (χ0) is 23.7. The Morgan fingerprint density at radius 1 is 1.00 bits per heavy atom. The number of amides is 1. The van der Waals surface area contributed by atoms with Gasteiger partial charge in [-0.2, -0.15) is 0 Å². The van der Waals surface area contributed by atoms with Crippen LogP contribution in [-0.2, 0) is 24.4 Å². The summed E-state index contributed by atoms with van der Waals surface area (Å²) < 4.78 is 3.36. The fraction of sp³-hybridized carbons (Fsp3) is 0.148. The summed E-state index contributed by atoms with van der Waals surface area (Å²) in [6.07, 6.45) is 1.59. The standard InChI is InChI=1S/C27H23ClN4O2/c1-18-7-12-23-22(13-18)25-26(27(34)31(17-30-25)15-20-5-3-2-4-6-20)32(23)16-24(33)29-14-19-8-10-21(28)11-9-19/h2-13,17H,14-16H2,1H3,(H,29,33). The lowest BCUT2D eigenvalue weighted by molar-refractivity contribution is -0.121. The van der Waals surface area contributed by atoms with Crippen LogP contribution in [0.15, 0.2) is 83.9 Å². The fourth-order valence-corrected chi connectivity index (χ4v) is 4.30. The molecule has 1 N–H and O–H groups in total. The Kier molecular flexibility index (Phi) is 5.90. The summed E-state index contributed by atoms with van der Waals surface area (Å²) in [5.74, 6) is -0.188. The molecule has 6 nitrogen and oxygen atoms in total. The number of hydrogen-bond donors (Lipinski definition) is 1. The van der Waals surface area contributed by atoms with Crippen molar-refractivity contribution in [1.29, 1.82) is 0 Å². The fourth-order valence-electron chi connectivity index (χ4n) is 4.17. The molecule has 0 saturated carbocycles. The van der Waals surface area contributed by atoms with E-state index >= 15 is 0 Å². The molecule has 0 aliphatic rings. The van der Waals surface area contributed by atoms with Crippen molar-refractivity contribution in [2.24, 2.45) is 0 Å². The largest absolute Gasteiger partial charge is 0.350 e. The highest BCUT2D eigenvalue weighted by atomic mass is 35.5. The van der Waals surface area contributed by atoms with Gasteiger partial charge in [-0.15, -0.1) is 0 Å². The van der Waals surface area contributed by atoms with Gasteiger partial charge in [0.25, 0.3) is 5.56 Å². The van der Waals surface area contributed by atoms with E-state index in [1.54, 1.807) is 27.6 Å².